The van der Waals surface area contributed by atoms with E-state index in [0.717, 1.165) is 18.4 Å². The highest BCUT2D eigenvalue weighted by Gasteiger charge is 2.22. The second-order valence-electron chi connectivity index (χ2n) is 7.79. The third-order valence-electron chi connectivity index (χ3n) is 5.61. The monoisotopic (exact) mass is 447 g/mol. The molecule has 33 heavy (non-hydrogen) atoms. The van der Waals surface area contributed by atoms with E-state index in [1.54, 1.807) is 31.3 Å². The average Bonchev–Trinajstić information content (AvgIpc) is 2.83. The molecule has 3 aromatic rings. The van der Waals surface area contributed by atoms with Crippen molar-refractivity contribution in [3.05, 3.63) is 77.1 Å². The van der Waals surface area contributed by atoms with E-state index in [-0.39, 0.29) is 29.3 Å². The van der Waals surface area contributed by atoms with E-state index in [1.165, 1.54) is 24.9 Å². The molecule has 3 N–H and O–H groups in total. The number of hydrogen-bond acceptors (Lipinski definition) is 6. The lowest BCUT2D eigenvalue weighted by molar-refractivity contribution is 0.0930. The van der Waals surface area contributed by atoms with Crippen LogP contribution >= 0.6 is 0 Å². The Kier molecular flexibility index (Phi) is 6.44. The normalized spacial score (nSPS) is 14.7. The molecular formula is C25H25N3O5. The first-order valence-electron chi connectivity index (χ1n) is 10.6. The molecule has 0 fully saturated rings. The molecular weight excluding hydrogens is 422 g/mol. The zero-order chi connectivity index (χ0) is 23.4. The Labute approximate surface area is 191 Å². The molecule has 2 aromatic carbocycles. The van der Waals surface area contributed by atoms with Crippen molar-refractivity contribution in [3.8, 4) is 23.0 Å². The number of phenols is 1. The summed E-state index contributed by atoms with van der Waals surface area (Å²) in [7, 11) is 3.01. The third-order valence-corrected chi connectivity index (χ3v) is 5.61. The number of aryl methyl sites for hydroxylation is 1. The number of benzene rings is 2. The Hall–Kier alpha value is -4.07. The number of fused-ring (bicyclic) bond motifs is 1. The van der Waals surface area contributed by atoms with Crippen LogP contribution in [0.1, 0.15) is 38.4 Å². The van der Waals surface area contributed by atoms with Crippen LogP contribution in [0.15, 0.2) is 54.7 Å². The van der Waals surface area contributed by atoms with Gasteiger partial charge in [-0.1, -0.05) is 6.07 Å². The van der Waals surface area contributed by atoms with Gasteiger partial charge in [0, 0.05) is 30.9 Å². The number of carbonyl (C=O) groups excluding carboxylic acids is 2. The lowest BCUT2D eigenvalue weighted by atomic mass is 9.88. The Bertz CT molecular complexity index is 1190. The Balaban J connectivity index is 1.44. The molecule has 0 saturated carbocycles. The SMILES string of the molecule is CNC(=O)c1cc(Oc2ccc3c(c2)CC(NC(=O)c2ccc(OC)c(O)c2)CC3)ccn1. The van der Waals surface area contributed by atoms with Crippen LogP contribution in [0, 0.1) is 0 Å². The fourth-order valence-corrected chi connectivity index (χ4v) is 3.88. The van der Waals surface area contributed by atoms with Crippen molar-refractivity contribution < 1.29 is 24.2 Å². The Morgan fingerprint density at radius 1 is 1.03 bits per heavy atom. The summed E-state index contributed by atoms with van der Waals surface area (Å²) in [6, 6.07) is 13.7. The first kappa shape index (κ1) is 22.1. The molecule has 8 heteroatoms. The Morgan fingerprint density at radius 2 is 1.85 bits per heavy atom. The number of carbonyl (C=O) groups is 2. The summed E-state index contributed by atoms with van der Waals surface area (Å²) < 4.78 is 11.0. The minimum Gasteiger partial charge on any atom is -0.504 e. The summed E-state index contributed by atoms with van der Waals surface area (Å²) in [5.74, 6) is 0.888. The maximum atomic E-state index is 12.7. The molecule has 1 aliphatic rings. The second-order valence-corrected chi connectivity index (χ2v) is 7.79. The van der Waals surface area contributed by atoms with Crippen LogP contribution in [-0.2, 0) is 12.8 Å². The standard InChI is InChI=1S/C25H25N3O5/c1-26-25(31)21-14-20(9-10-27-21)33-19-7-4-15-3-6-18(11-17(15)12-19)28-24(30)16-5-8-23(32-2)22(29)13-16/h4-5,7-10,12-14,18,29H,3,6,11H2,1-2H3,(H,26,31)(H,28,30). The number of nitrogens with zero attached hydrogens (tertiary/aromatic N) is 1. The molecule has 2 amide bonds. The van der Waals surface area contributed by atoms with E-state index in [9.17, 15) is 14.7 Å². The highest BCUT2D eigenvalue weighted by molar-refractivity contribution is 5.95. The fraction of sp³-hybridized carbons (Fsp3) is 0.240. The molecule has 1 atom stereocenters. The van der Waals surface area contributed by atoms with Crippen molar-refractivity contribution in [2.75, 3.05) is 14.2 Å². The number of aromatic hydroxyl groups is 1. The van der Waals surface area contributed by atoms with Crippen molar-refractivity contribution in [2.24, 2.45) is 0 Å². The highest BCUT2D eigenvalue weighted by atomic mass is 16.5. The zero-order valence-corrected chi connectivity index (χ0v) is 18.4. The van der Waals surface area contributed by atoms with Gasteiger partial charge in [0.1, 0.15) is 17.2 Å². The van der Waals surface area contributed by atoms with Crippen LogP contribution in [0.3, 0.4) is 0 Å². The largest absolute Gasteiger partial charge is 0.504 e. The van der Waals surface area contributed by atoms with Gasteiger partial charge < -0.3 is 25.2 Å². The van der Waals surface area contributed by atoms with Crippen LogP contribution in [0.2, 0.25) is 0 Å². The molecule has 8 nitrogen and oxygen atoms in total. The maximum Gasteiger partial charge on any atom is 0.269 e. The summed E-state index contributed by atoms with van der Waals surface area (Å²) in [6.07, 6.45) is 3.85. The van der Waals surface area contributed by atoms with Gasteiger partial charge in [-0.2, -0.15) is 0 Å². The molecule has 0 aliphatic heterocycles. The van der Waals surface area contributed by atoms with Gasteiger partial charge in [-0.05, 0) is 66.8 Å². The number of pyridine rings is 1. The number of phenolic OH excluding ortho intramolecular Hbond substituents is 1. The van der Waals surface area contributed by atoms with Crippen molar-refractivity contribution in [2.45, 2.75) is 25.3 Å². The van der Waals surface area contributed by atoms with Crippen LogP contribution < -0.4 is 20.1 Å². The van der Waals surface area contributed by atoms with Gasteiger partial charge in [0.05, 0.1) is 7.11 Å². The van der Waals surface area contributed by atoms with Crippen molar-refractivity contribution in [3.63, 3.8) is 0 Å². The van der Waals surface area contributed by atoms with Gasteiger partial charge in [-0.25, -0.2) is 0 Å². The first-order chi connectivity index (χ1) is 16.0. The van der Waals surface area contributed by atoms with E-state index in [4.69, 9.17) is 9.47 Å². The predicted molar refractivity (Wildman–Crippen MR) is 122 cm³/mol. The van der Waals surface area contributed by atoms with E-state index < -0.39 is 0 Å². The van der Waals surface area contributed by atoms with Gasteiger partial charge in [0.2, 0.25) is 0 Å². The van der Waals surface area contributed by atoms with Crippen LogP contribution in [0.5, 0.6) is 23.0 Å². The molecule has 1 aromatic heterocycles. The molecule has 1 unspecified atom stereocenters. The van der Waals surface area contributed by atoms with Gasteiger partial charge in [-0.15, -0.1) is 0 Å². The molecule has 4 rings (SSSR count). The van der Waals surface area contributed by atoms with E-state index in [0.29, 0.717) is 29.2 Å². The summed E-state index contributed by atoms with van der Waals surface area (Å²) in [6.45, 7) is 0. The lowest BCUT2D eigenvalue weighted by Crippen LogP contribution is -2.38. The number of aromatic nitrogens is 1. The minimum atomic E-state index is -0.283. The third kappa shape index (κ3) is 5.06. The summed E-state index contributed by atoms with van der Waals surface area (Å²) in [5.41, 5.74) is 2.97. The van der Waals surface area contributed by atoms with Crippen molar-refractivity contribution >= 4 is 11.8 Å². The predicted octanol–water partition coefficient (Wildman–Crippen LogP) is 3.24. The molecule has 1 aliphatic carbocycles. The minimum absolute atomic E-state index is 0.0368. The number of rotatable bonds is 6. The number of methoxy groups -OCH3 is 1. The van der Waals surface area contributed by atoms with Gasteiger partial charge in [0.25, 0.3) is 11.8 Å². The second kappa shape index (κ2) is 9.60. The van der Waals surface area contributed by atoms with Gasteiger partial charge in [0.15, 0.2) is 11.5 Å². The van der Waals surface area contributed by atoms with Gasteiger partial charge >= 0.3 is 0 Å². The quantitative estimate of drug-likeness (QED) is 0.535. The van der Waals surface area contributed by atoms with E-state index >= 15 is 0 Å². The van der Waals surface area contributed by atoms with Crippen LogP contribution in [0.25, 0.3) is 0 Å². The smallest absolute Gasteiger partial charge is 0.269 e. The van der Waals surface area contributed by atoms with Gasteiger partial charge in [-0.3, -0.25) is 14.6 Å². The molecule has 1 heterocycles. The summed E-state index contributed by atoms with van der Waals surface area (Å²) in [5, 5.41) is 15.5. The number of amides is 2. The van der Waals surface area contributed by atoms with E-state index in [1.807, 2.05) is 18.2 Å². The molecule has 170 valence electrons. The molecule has 0 radical (unpaired) electrons. The summed E-state index contributed by atoms with van der Waals surface area (Å²) >= 11 is 0. The van der Waals surface area contributed by atoms with Crippen molar-refractivity contribution in [1.82, 2.24) is 15.6 Å². The summed E-state index contributed by atoms with van der Waals surface area (Å²) in [4.78, 5) is 28.5. The number of nitrogens with one attached hydrogen (secondary N) is 2. The number of hydrogen-bond donors (Lipinski definition) is 3. The lowest BCUT2D eigenvalue weighted by Gasteiger charge is -2.26. The fourth-order valence-electron chi connectivity index (χ4n) is 3.88. The van der Waals surface area contributed by atoms with Crippen molar-refractivity contribution in [1.29, 1.82) is 0 Å². The zero-order valence-electron chi connectivity index (χ0n) is 18.4. The average molecular weight is 447 g/mol. The highest BCUT2D eigenvalue weighted by Crippen LogP contribution is 2.30. The Morgan fingerprint density at radius 3 is 2.61 bits per heavy atom. The molecule has 0 bridgehead atoms. The molecule has 0 spiro atoms. The van der Waals surface area contributed by atoms with E-state index in [2.05, 4.69) is 15.6 Å². The first-order valence-corrected chi connectivity index (χ1v) is 10.6. The molecule has 0 saturated heterocycles. The van der Waals surface area contributed by atoms with Crippen LogP contribution in [-0.4, -0.2) is 42.1 Å². The number of ether oxygens (including phenoxy) is 2. The maximum absolute atomic E-state index is 12.7. The topological polar surface area (TPSA) is 110 Å². The van der Waals surface area contributed by atoms with Crippen LogP contribution in [0.4, 0.5) is 0 Å².